The molecule has 0 aromatic carbocycles. The van der Waals surface area contributed by atoms with E-state index in [2.05, 4.69) is 28.1 Å². The molecule has 1 aromatic rings. The number of thiophene rings is 1. The maximum atomic E-state index is 12.8. The SMILES string of the molecule is CC(=O)NC1CCCN(C(=O)NC(c2cccs2)C2CCCC2)C1. The van der Waals surface area contributed by atoms with E-state index < -0.39 is 0 Å². The van der Waals surface area contributed by atoms with E-state index in [1.54, 1.807) is 11.3 Å². The lowest BCUT2D eigenvalue weighted by Gasteiger charge is -2.35. The number of carbonyl (C=O) groups excluding carboxylic acids is 2. The van der Waals surface area contributed by atoms with E-state index in [0.29, 0.717) is 12.5 Å². The van der Waals surface area contributed by atoms with Gasteiger partial charge in [0, 0.05) is 30.9 Å². The van der Waals surface area contributed by atoms with Crippen LogP contribution in [0.1, 0.15) is 56.4 Å². The topological polar surface area (TPSA) is 61.4 Å². The molecule has 2 heterocycles. The number of nitrogens with one attached hydrogen (secondary N) is 2. The summed E-state index contributed by atoms with van der Waals surface area (Å²) in [6.45, 7) is 2.91. The second-order valence-corrected chi connectivity index (χ2v) is 7.95. The number of amides is 3. The highest BCUT2D eigenvalue weighted by Crippen LogP contribution is 2.37. The maximum absolute atomic E-state index is 12.8. The number of rotatable bonds is 4. The summed E-state index contributed by atoms with van der Waals surface area (Å²) in [6, 6.07) is 4.40. The second-order valence-electron chi connectivity index (χ2n) is 6.97. The normalized spacial score (nSPS) is 23.0. The minimum Gasteiger partial charge on any atom is -0.352 e. The fraction of sp³-hybridized carbons (Fsp3) is 0.667. The molecule has 24 heavy (non-hydrogen) atoms. The highest BCUT2D eigenvalue weighted by atomic mass is 32.1. The van der Waals surface area contributed by atoms with Crippen molar-refractivity contribution in [3.8, 4) is 0 Å². The van der Waals surface area contributed by atoms with Crippen molar-refractivity contribution in [2.75, 3.05) is 13.1 Å². The first-order chi connectivity index (χ1) is 11.6. The van der Waals surface area contributed by atoms with Crippen molar-refractivity contribution < 1.29 is 9.59 Å². The molecule has 1 aliphatic heterocycles. The van der Waals surface area contributed by atoms with Crippen LogP contribution in [0.3, 0.4) is 0 Å². The molecule has 1 aliphatic carbocycles. The molecule has 0 spiro atoms. The number of likely N-dealkylation sites (tertiary alicyclic amines) is 1. The lowest BCUT2D eigenvalue weighted by atomic mass is 9.96. The van der Waals surface area contributed by atoms with Crippen LogP contribution in [-0.4, -0.2) is 36.0 Å². The summed E-state index contributed by atoms with van der Waals surface area (Å²) < 4.78 is 0. The minimum absolute atomic E-state index is 0.00959. The fourth-order valence-electron chi connectivity index (χ4n) is 3.97. The van der Waals surface area contributed by atoms with Crippen molar-refractivity contribution in [2.24, 2.45) is 5.92 Å². The van der Waals surface area contributed by atoms with Gasteiger partial charge in [0.05, 0.1) is 6.04 Å². The van der Waals surface area contributed by atoms with E-state index in [9.17, 15) is 9.59 Å². The fourth-order valence-corrected chi connectivity index (χ4v) is 4.84. The van der Waals surface area contributed by atoms with Crippen molar-refractivity contribution in [1.82, 2.24) is 15.5 Å². The van der Waals surface area contributed by atoms with Crippen molar-refractivity contribution in [3.05, 3.63) is 22.4 Å². The number of hydrogen-bond acceptors (Lipinski definition) is 3. The average Bonchev–Trinajstić information content (AvgIpc) is 3.25. The predicted molar refractivity (Wildman–Crippen MR) is 96.0 cm³/mol. The summed E-state index contributed by atoms with van der Waals surface area (Å²) >= 11 is 1.73. The van der Waals surface area contributed by atoms with E-state index in [1.807, 2.05) is 4.90 Å². The third-order valence-electron chi connectivity index (χ3n) is 5.12. The molecule has 0 radical (unpaired) electrons. The van der Waals surface area contributed by atoms with Crippen molar-refractivity contribution in [1.29, 1.82) is 0 Å². The Balaban J connectivity index is 1.63. The standard InChI is InChI=1S/C18H27N3O2S/c1-13(22)19-15-8-4-10-21(12-15)18(23)20-17(14-6-2-3-7-14)16-9-5-11-24-16/h5,9,11,14-15,17H,2-4,6-8,10,12H2,1H3,(H,19,22)(H,20,23). The van der Waals surface area contributed by atoms with Crippen LogP contribution >= 0.6 is 11.3 Å². The molecule has 2 unspecified atom stereocenters. The molecule has 1 saturated heterocycles. The van der Waals surface area contributed by atoms with E-state index in [1.165, 1.54) is 37.5 Å². The molecule has 3 rings (SSSR count). The first kappa shape index (κ1) is 17.3. The lowest BCUT2D eigenvalue weighted by molar-refractivity contribution is -0.119. The van der Waals surface area contributed by atoms with Crippen LogP contribution in [0.15, 0.2) is 17.5 Å². The zero-order valence-corrected chi connectivity index (χ0v) is 15.1. The molecule has 2 fully saturated rings. The third-order valence-corrected chi connectivity index (χ3v) is 6.07. The Hall–Kier alpha value is -1.56. The second kappa shape index (κ2) is 8.01. The molecular weight excluding hydrogens is 322 g/mol. The summed E-state index contributed by atoms with van der Waals surface area (Å²) in [7, 11) is 0. The molecule has 1 aromatic heterocycles. The first-order valence-corrected chi connectivity index (χ1v) is 9.87. The average molecular weight is 350 g/mol. The van der Waals surface area contributed by atoms with Crippen LogP contribution < -0.4 is 10.6 Å². The summed E-state index contributed by atoms with van der Waals surface area (Å²) in [4.78, 5) is 27.2. The summed E-state index contributed by atoms with van der Waals surface area (Å²) in [6.07, 6.45) is 6.79. The Labute approximate surface area is 147 Å². The summed E-state index contributed by atoms with van der Waals surface area (Å²) in [5.74, 6) is 0.521. The van der Waals surface area contributed by atoms with E-state index in [-0.39, 0.29) is 24.0 Å². The van der Waals surface area contributed by atoms with Gasteiger partial charge in [0.2, 0.25) is 5.91 Å². The highest BCUT2D eigenvalue weighted by molar-refractivity contribution is 7.10. The molecule has 6 heteroatoms. The van der Waals surface area contributed by atoms with Gasteiger partial charge in [-0.15, -0.1) is 11.3 Å². The lowest BCUT2D eigenvalue weighted by Crippen LogP contribution is -2.52. The zero-order valence-electron chi connectivity index (χ0n) is 14.3. The molecule has 5 nitrogen and oxygen atoms in total. The summed E-state index contributed by atoms with van der Waals surface area (Å²) in [5.41, 5.74) is 0. The van der Waals surface area contributed by atoms with Gasteiger partial charge in [0.15, 0.2) is 0 Å². The van der Waals surface area contributed by atoms with Crippen molar-refractivity contribution >= 4 is 23.3 Å². The molecule has 132 valence electrons. The van der Waals surface area contributed by atoms with Gasteiger partial charge in [-0.1, -0.05) is 18.9 Å². The monoisotopic (exact) mass is 349 g/mol. The molecule has 2 atom stereocenters. The highest BCUT2D eigenvalue weighted by Gasteiger charge is 2.31. The number of nitrogens with zero attached hydrogens (tertiary/aromatic N) is 1. The number of piperidine rings is 1. The van der Waals surface area contributed by atoms with Gasteiger partial charge in [-0.3, -0.25) is 4.79 Å². The van der Waals surface area contributed by atoms with Crippen LogP contribution in [0.25, 0.3) is 0 Å². The largest absolute Gasteiger partial charge is 0.352 e. The molecule has 2 aliphatic rings. The van der Waals surface area contributed by atoms with Gasteiger partial charge in [-0.2, -0.15) is 0 Å². The van der Waals surface area contributed by atoms with E-state index in [0.717, 1.165) is 19.4 Å². The smallest absolute Gasteiger partial charge is 0.317 e. The number of hydrogen-bond donors (Lipinski definition) is 2. The van der Waals surface area contributed by atoms with E-state index in [4.69, 9.17) is 0 Å². The first-order valence-electron chi connectivity index (χ1n) is 8.99. The molecule has 2 N–H and O–H groups in total. The van der Waals surface area contributed by atoms with Crippen LogP contribution in [0.4, 0.5) is 4.79 Å². The number of urea groups is 1. The Morgan fingerprint density at radius 1 is 1.25 bits per heavy atom. The predicted octanol–water partition coefficient (Wildman–Crippen LogP) is 3.29. The van der Waals surface area contributed by atoms with Crippen LogP contribution in [0.5, 0.6) is 0 Å². The Morgan fingerprint density at radius 2 is 2.04 bits per heavy atom. The maximum Gasteiger partial charge on any atom is 0.317 e. The molecule has 0 bridgehead atoms. The quantitative estimate of drug-likeness (QED) is 0.876. The van der Waals surface area contributed by atoms with Gasteiger partial charge in [-0.25, -0.2) is 4.79 Å². The van der Waals surface area contributed by atoms with Crippen molar-refractivity contribution in [3.63, 3.8) is 0 Å². The van der Waals surface area contributed by atoms with Gasteiger partial charge < -0.3 is 15.5 Å². The minimum atomic E-state index is -0.0234. The van der Waals surface area contributed by atoms with Gasteiger partial charge in [0.1, 0.15) is 0 Å². The molecular formula is C18H27N3O2S. The Bertz CT molecular complexity index is 555. The third kappa shape index (κ3) is 4.29. The number of carbonyl (C=O) groups is 2. The van der Waals surface area contributed by atoms with Crippen LogP contribution in [0.2, 0.25) is 0 Å². The van der Waals surface area contributed by atoms with Crippen LogP contribution in [-0.2, 0) is 4.79 Å². The van der Waals surface area contributed by atoms with Gasteiger partial charge in [-0.05, 0) is 43.0 Å². The Morgan fingerprint density at radius 3 is 2.71 bits per heavy atom. The van der Waals surface area contributed by atoms with Crippen molar-refractivity contribution in [2.45, 2.75) is 57.5 Å². The van der Waals surface area contributed by atoms with Crippen LogP contribution in [0, 0.1) is 5.92 Å². The van der Waals surface area contributed by atoms with Gasteiger partial charge in [0.25, 0.3) is 0 Å². The zero-order chi connectivity index (χ0) is 16.9. The summed E-state index contributed by atoms with van der Waals surface area (Å²) in [5, 5.41) is 8.31. The Kier molecular flexibility index (Phi) is 5.76. The van der Waals surface area contributed by atoms with E-state index >= 15 is 0 Å². The molecule has 3 amide bonds. The molecule has 1 saturated carbocycles. The van der Waals surface area contributed by atoms with Gasteiger partial charge >= 0.3 is 6.03 Å².